The number of alkyl halides is 3. The molecule has 0 aromatic heterocycles. The molecule has 9 heteroatoms. The third kappa shape index (κ3) is 8.37. The van der Waals surface area contributed by atoms with E-state index in [0.29, 0.717) is 25.3 Å². The number of nitrogens with zero attached hydrogens (tertiary/aromatic N) is 2. The van der Waals surface area contributed by atoms with E-state index in [2.05, 4.69) is 25.3 Å². The predicted molar refractivity (Wildman–Crippen MR) is 85.8 cm³/mol. The molecule has 2 N–H and O–H groups in total. The van der Waals surface area contributed by atoms with Gasteiger partial charge in [-0.15, -0.1) is 0 Å². The number of guanidine groups is 1. The zero-order valence-corrected chi connectivity index (χ0v) is 14.3. The third-order valence-electron chi connectivity index (χ3n) is 3.89. The molecule has 1 rings (SSSR count). The van der Waals surface area contributed by atoms with Crippen molar-refractivity contribution >= 4 is 11.9 Å². The molecule has 0 spiro atoms. The van der Waals surface area contributed by atoms with Crippen molar-refractivity contribution in [1.29, 1.82) is 0 Å². The van der Waals surface area contributed by atoms with Gasteiger partial charge in [0, 0.05) is 46.8 Å². The van der Waals surface area contributed by atoms with Crippen LogP contribution in [0.2, 0.25) is 0 Å². The summed E-state index contributed by atoms with van der Waals surface area (Å²) < 4.78 is 40.4. The Morgan fingerprint density at radius 1 is 1.33 bits per heavy atom. The van der Waals surface area contributed by atoms with Crippen LogP contribution < -0.4 is 10.6 Å². The molecule has 6 nitrogen and oxygen atoms in total. The average Bonchev–Trinajstić information content (AvgIpc) is 2.54. The Morgan fingerprint density at radius 2 is 2.00 bits per heavy atom. The second-order valence-electron chi connectivity index (χ2n) is 5.80. The molecule has 24 heavy (non-hydrogen) atoms. The lowest BCUT2D eigenvalue weighted by Crippen LogP contribution is -2.46. The summed E-state index contributed by atoms with van der Waals surface area (Å²) in [5, 5.41) is 5.78. The minimum Gasteiger partial charge on any atom is -0.372 e. The van der Waals surface area contributed by atoms with E-state index in [9.17, 15) is 18.0 Å². The Morgan fingerprint density at radius 3 is 2.54 bits per heavy atom. The standard InChI is InChI=1S/C15H27F3N4O2/c1-19-13(23)10-12-4-7-22(8-5-12)14(20-2)21-6-3-9-24-11-15(16,17)18/h12H,3-11H2,1-2H3,(H,19,23)(H,20,21). The van der Waals surface area contributed by atoms with Crippen molar-refractivity contribution in [1.82, 2.24) is 15.5 Å². The number of aliphatic imine (C=N–C) groups is 1. The Kier molecular flexibility index (Phi) is 8.88. The van der Waals surface area contributed by atoms with Crippen LogP contribution in [0.25, 0.3) is 0 Å². The van der Waals surface area contributed by atoms with E-state index in [4.69, 9.17) is 0 Å². The van der Waals surface area contributed by atoms with Crippen molar-refractivity contribution in [2.24, 2.45) is 10.9 Å². The highest BCUT2D eigenvalue weighted by Crippen LogP contribution is 2.20. The van der Waals surface area contributed by atoms with Gasteiger partial charge in [0.2, 0.25) is 5.91 Å². The third-order valence-corrected chi connectivity index (χ3v) is 3.89. The topological polar surface area (TPSA) is 66.0 Å². The number of amides is 1. The van der Waals surface area contributed by atoms with E-state index in [1.54, 1.807) is 14.1 Å². The summed E-state index contributed by atoms with van der Waals surface area (Å²) in [7, 11) is 3.32. The molecule has 0 unspecified atom stereocenters. The maximum absolute atomic E-state index is 11.9. The van der Waals surface area contributed by atoms with E-state index in [1.807, 2.05) is 0 Å². The molecular weight excluding hydrogens is 325 g/mol. The summed E-state index contributed by atoms with van der Waals surface area (Å²) in [6, 6.07) is 0. The number of halogens is 3. The fourth-order valence-corrected chi connectivity index (χ4v) is 2.61. The lowest BCUT2D eigenvalue weighted by atomic mass is 9.93. The fourth-order valence-electron chi connectivity index (χ4n) is 2.61. The fraction of sp³-hybridized carbons (Fsp3) is 0.867. The first-order valence-corrected chi connectivity index (χ1v) is 8.16. The Hall–Kier alpha value is -1.51. The van der Waals surface area contributed by atoms with Crippen molar-refractivity contribution in [3.05, 3.63) is 0 Å². The molecule has 140 valence electrons. The lowest BCUT2D eigenvalue weighted by Gasteiger charge is -2.34. The summed E-state index contributed by atoms with van der Waals surface area (Å²) >= 11 is 0. The number of carbonyl (C=O) groups excluding carboxylic acids is 1. The molecule has 0 aromatic rings. The normalized spacial score (nSPS) is 17.0. The summed E-state index contributed by atoms with van der Waals surface area (Å²) in [6.07, 6.45) is -1.41. The smallest absolute Gasteiger partial charge is 0.372 e. The van der Waals surface area contributed by atoms with Crippen LogP contribution in [0.15, 0.2) is 4.99 Å². The highest BCUT2D eigenvalue weighted by molar-refractivity contribution is 5.80. The first kappa shape index (κ1) is 20.5. The molecule has 0 radical (unpaired) electrons. The predicted octanol–water partition coefficient (Wildman–Crippen LogP) is 1.38. The van der Waals surface area contributed by atoms with Gasteiger partial charge in [0.25, 0.3) is 0 Å². The maximum Gasteiger partial charge on any atom is 0.411 e. The summed E-state index contributed by atoms with van der Waals surface area (Å²) in [4.78, 5) is 17.7. The van der Waals surface area contributed by atoms with Gasteiger partial charge in [-0.2, -0.15) is 13.2 Å². The molecule has 0 bridgehead atoms. The van der Waals surface area contributed by atoms with Gasteiger partial charge in [-0.1, -0.05) is 0 Å². The van der Waals surface area contributed by atoms with Gasteiger partial charge in [-0.25, -0.2) is 0 Å². The van der Waals surface area contributed by atoms with Gasteiger partial charge in [0.1, 0.15) is 6.61 Å². The van der Waals surface area contributed by atoms with Crippen LogP contribution in [-0.2, 0) is 9.53 Å². The Balaban J connectivity index is 2.20. The van der Waals surface area contributed by atoms with E-state index in [-0.39, 0.29) is 12.5 Å². The number of hydrogen-bond acceptors (Lipinski definition) is 3. The van der Waals surface area contributed by atoms with Crippen LogP contribution in [0.3, 0.4) is 0 Å². The van der Waals surface area contributed by atoms with Crippen molar-refractivity contribution in [2.45, 2.75) is 31.9 Å². The zero-order valence-electron chi connectivity index (χ0n) is 14.3. The van der Waals surface area contributed by atoms with Crippen molar-refractivity contribution in [2.75, 3.05) is 46.9 Å². The van der Waals surface area contributed by atoms with Crippen molar-refractivity contribution in [3.63, 3.8) is 0 Å². The van der Waals surface area contributed by atoms with Gasteiger partial charge in [0.05, 0.1) is 0 Å². The van der Waals surface area contributed by atoms with Gasteiger partial charge >= 0.3 is 6.18 Å². The molecular formula is C15H27F3N4O2. The van der Waals surface area contributed by atoms with Crippen LogP contribution in [0.5, 0.6) is 0 Å². The van der Waals surface area contributed by atoms with E-state index < -0.39 is 12.8 Å². The quantitative estimate of drug-likeness (QED) is 0.413. The maximum atomic E-state index is 11.9. The SMILES string of the molecule is CN=C(NCCCOCC(F)(F)F)N1CCC(CC(=O)NC)CC1. The number of carbonyl (C=O) groups is 1. The number of piperidine rings is 1. The molecule has 1 aliphatic rings. The number of hydrogen-bond donors (Lipinski definition) is 2. The minimum atomic E-state index is -4.28. The minimum absolute atomic E-state index is 0.0533. The van der Waals surface area contributed by atoms with Crippen LogP contribution in [0, 0.1) is 5.92 Å². The van der Waals surface area contributed by atoms with Gasteiger partial charge < -0.3 is 20.3 Å². The molecule has 0 aliphatic carbocycles. The van der Waals surface area contributed by atoms with E-state index in [1.165, 1.54) is 0 Å². The molecule has 1 heterocycles. The highest BCUT2D eigenvalue weighted by Gasteiger charge is 2.27. The largest absolute Gasteiger partial charge is 0.411 e. The first-order valence-electron chi connectivity index (χ1n) is 8.16. The van der Waals surface area contributed by atoms with Crippen molar-refractivity contribution < 1.29 is 22.7 Å². The zero-order chi connectivity index (χ0) is 18.0. The van der Waals surface area contributed by atoms with Gasteiger partial charge in [-0.05, 0) is 25.2 Å². The van der Waals surface area contributed by atoms with Crippen LogP contribution in [-0.4, -0.2) is 69.9 Å². The average molecular weight is 352 g/mol. The molecule has 0 saturated carbocycles. The molecule has 1 aliphatic heterocycles. The van der Waals surface area contributed by atoms with Crippen molar-refractivity contribution in [3.8, 4) is 0 Å². The number of likely N-dealkylation sites (tertiary alicyclic amines) is 1. The Labute approximate surface area is 140 Å². The van der Waals surface area contributed by atoms with Crippen LogP contribution in [0.4, 0.5) is 13.2 Å². The summed E-state index contributed by atoms with van der Waals surface area (Å²) in [5.41, 5.74) is 0. The van der Waals surface area contributed by atoms with Crippen LogP contribution in [0.1, 0.15) is 25.7 Å². The lowest BCUT2D eigenvalue weighted by molar-refractivity contribution is -0.173. The van der Waals surface area contributed by atoms with Gasteiger partial charge in [-0.3, -0.25) is 9.79 Å². The molecule has 1 fully saturated rings. The second kappa shape index (κ2) is 10.4. The number of nitrogens with one attached hydrogen (secondary N) is 2. The first-order chi connectivity index (χ1) is 11.4. The molecule has 1 amide bonds. The second-order valence-corrected chi connectivity index (χ2v) is 5.80. The molecule has 1 saturated heterocycles. The monoisotopic (exact) mass is 352 g/mol. The summed E-state index contributed by atoms with van der Waals surface area (Å²) in [5.74, 6) is 1.19. The number of rotatable bonds is 7. The van der Waals surface area contributed by atoms with E-state index >= 15 is 0 Å². The van der Waals surface area contributed by atoms with Crippen LogP contribution >= 0.6 is 0 Å². The number of ether oxygens (including phenoxy) is 1. The highest BCUT2D eigenvalue weighted by atomic mass is 19.4. The van der Waals surface area contributed by atoms with E-state index in [0.717, 1.165) is 31.9 Å². The molecule has 0 aromatic carbocycles. The van der Waals surface area contributed by atoms with Gasteiger partial charge in [0.15, 0.2) is 5.96 Å². The summed E-state index contributed by atoms with van der Waals surface area (Å²) in [6.45, 7) is 0.971. The molecule has 0 atom stereocenters. The Bertz CT molecular complexity index is 408.